The summed E-state index contributed by atoms with van der Waals surface area (Å²) in [6.45, 7) is 3.71. The van der Waals surface area contributed by atoms with Crippen molar-refractivity contribution in [1.29, 1.82) is 0 Å². The number of methoxy groups -OCH3 is 1. The molecule has 0 aliphatic rings. The van der Waals surface area contributed by atoms with Crippen LogP contribution in [0, 0.1) is 13.8 Å². The van der Waals surface area contributed by atoms with Gasteiger partial charge in [0.2, 0.25) is 0 Å². The van der Waals surface area contributed by atoms with Gasteiger partial charge in [0.15, 0.2) is 0 Å². The summed E-state index contributed by atoms with van der Waals surface area (Å²) in [6, 6.07) is 6.89. The minimum Gasteiger partial charge on any atom is -0.465 e. The van der Waals surface area contributed by atoms with Crippen LogP contribution >= 0.6 is 11.8 Å². The molecule has 9 heteroatoms. The third-order valence-corrected chi connectivity index (χ3v) is 5.19. The number of thioether (sulfide) groups is 1. The summed E-state index contributed by atoms with van der Waals surface area (Å²) in [6.07, 6.45) is 1.64. The molecule has 3 rings (SSSR count). The molecule has 0 aliphatic heterocycles. The second kappa shape index (κ2) is 8.95. The van der Waals surface area contributed by atoms with E-state index in [0.29, 0.717) is 33.4 Å². The first kappa shape index (κ1) is 20.7. The average molecular weight is 415 g/mol. The van der Waals surface area contributed by atoms with Crippen LogP contribution in [0.2, 0.25) is 0 Å². The molecular formula is C20H21N3O5S. The van der Waals surface area contributed by atoms with Crippen molar-refractivity contribution in [2.75, 3.05) is 14.2 Å². The van der Waals surface area contributed by atoms with Crippen molar-refractivity contribution in [3.8, 4) is 0 Å². The number of ether oxygens (including phenoxy) is 1. The number of hydrogen-bond donors (Lipinski definition) is 0. The summed E-state index contributed by atoms with van der Waals surface area (Å²) in [5, 5.41) is 4.57. The summed E-state index contributed by atoms with van der Waals surface area (Å²) < 4.78 is 15.4. The van der Waals surface area contributed by atoms with Crippen LogP contribution < -0.4 is 0 Å². The number of rotatable bonds is 7. The molecule has 0 saturated carbocycles. The zero-order valence-electron chi connectivity index (χ0n) is 16.6. The molecular weight excluding hydrogens is 394 g/mol. The van der Waals surface area contributed by atoms with Gasteiger partial charge in [0.05, 0.1) is 24.9 Å². The van der Waals surface area contributed by atoms with E-state index in [1.54, 1.807) is 38.4 Å². The number of carbonyl (C=O) groups excluding carboxylic acids is 2. The second-order valence-corrected chi connectivity index (χ2v) is 7.37. The summed E-state index contributed by atoms with van der Waals surface area (Å²) in [4.78, 5) is 30.6. The Morgan fingerprint density at radius 2 is 2.03 bits per heavy atom. The first-order chi connectivity index (χ1) is 13.9. The third-order valence-electron chi connectivity index (χ3n) is 4.15. The minimum absolute atomic E-state index is 0.203. The quantitative estimate of drug-likeness (QED) is 0.426. The molecule has 3 aromatic heterocycles. The fraction of sp³-hybridized carbons (Fsp3) is 0.300. The predicted octanol–water partition coefficient (Wildman–Crippen LogP) is 3.63. The maximum Gasteiger partial charge on any atom is 0.341 e. The Labute approximate surface area is 172 Å². The number of esters is 1. The van der Waals surface area contributed by atoms with Gasteiger partial charge >= 0.3 is 5.97 Å². The van der Waals surface area contributed by atoms with Gasteiger partial charge in [-0.2, -0.15) is 0 Å². The molecule has 0 spiro atoms. The Balaban J connectivity index is 1.72. The number of hydrogen-bond acceptors (Lipinski definition) is 8. The maximum atomic E-state index is 13.0. The molecule has 3 aromatic rings. The second-order valence-electron chi connectivity index (χ2n) is 6.41. The van der Waals surface area contributed by atoms with Crippen molar-refractivity contribution in [3.05, 3.63) is 64.6 Å². The van der Waals surface area contributed by atoms with Gasteiger partial charge in [-0.1, -0.05) is 16.9 Å². The van der Waals surface area contributed by atoms with Gasteiger partial charge in [0, 0.05) is 25.1 Å². The number of pyridine rings is 1. The summed E-state index contributed by atoms with van der Waals surface area (Å²) >= 11 is 1.41. The number of furan rings is 1. The number of nitrogens with zero attached hydrogens (tertiary/aromatic N) is 3. The molecule has 0 radical (unpaired) electrons. The van der Waals surface area contributed by atoms with Crippen LogP contribution in [0.5, 0.6) is 0 Å². The lowest BCUT2D eigenvalue weighted by Gasteiger charge is -2.17. The van der Waals surface area contributed by atoms with Crippen molar-refractivity contribution < 1.29 is 23.3 Å². The Hall–Kier alpha value is -3.07. The first-order valence-corrected chi connectivity index (χ1v) is 9.80. The van der Waals surface area contributed by atoms with Gasteiger partial charge < -0.3 is 18.6 Å². The number of aryl methyl sites for hydroxylation is 2. The standard InChI is InChI=1S/C20H21N3O5S/c1-12-8-14(22-28-12)11-29-18-16(6-5-7-21-18)19(24)23(3)10-15-9-17(13(2)27-15)20(25)26-4/h5-9H,10-11H2,1-4H3. The molecule has 8 nitrogen and oxygen atoms in total. The molecule has 0 atom stereocenters. The van der Waals surface area contributed by atoms with E-state index < -0.39 is 5.97 Å². The van der Waals surface area contributed by atoms with Gasteiger partial charge in [0.1, 0.15) is 27.9 Å². The largest absolute Gasteiger partial charge is 0.465 e. The summed E-state index contributed by atoms with van der Waals surface area (Å²) in [7, 11) is 2.98. The van der Waals surface area contributed by atoms with Gasteiger partial charge in [-0.3, -0.25) is 4.79 Å². The number of carbonyl (C=O) groups is 2. The van der Waals surface area contributed by atoms with Crippen molar-refractivity contribution in [2.24, 2.45) is 0 Å². The molecule has 1 amide bonds. The van der Waals surface area contributed by atoms with Crippen molar-refractivity contribution in [2.45, 2.75) is 31.2 Å². The van der Waals surface area contributed by atoms with Gasteiger partial charge in [-0.05, 0) is 32.0 Å². The monoisotopic (exact) mass is 415 g/mol. The minimum atomic E-state index is -0.472. The van der Waals surface area contributed by atoms with E-state index in [2.05, 4.69) is 10.1 Å². The molecule has 0 fully saturated rings. The lowest BCUT2D eigenvalue weighted by atomic mass is 10.2. The van der Waals surface area contributed by atoms with Crippen molar-refractivity contribution >= 4 is 23.6 Å². The molecule has 0 unspecified atom stereocenters. The molecule has 152 valence electrons. The zero-order chi connectivity index (χ0) is 21.0. The highest BCUT2D eigenvalue weighted by Crippen LogP contribution is 2.25. The highest BCUT2D eigenvalue weighted by atomic mass is 32.2. The maximum absolute atomic E-state index is 13.0. The van der Waals surface area contributed by atoms with Gasteiger partial charge in [-0.25, -0.2) is 9.78 Å². The van der Waals surface area contributed by atoms with E-state index >= 15 is 0 Å². The van der Waals surface area contributed by atoms with Gasteiger partial charge in [-0.15, -0.1) is 0 Å². The molecule has 3 heterocycles. The van der Waals surface area contributed by atoms with E-state index in [1.807, 2.05) is 13.0 Å². The van der Waals surface area contributed by atoms with Crippen LogP contribution in [0.25, 0.3) is 0 Å². The van der Waals surface area contributed by atoms with Crippen LogP contribution in [0.1, 0.15) is 43.7 Å². The number of aromatic nitrogens is 2. The average Bonchev–Trinajstić information content (AvgIpc) is 3.30. The molecule has 0 aromatic carbocycles. The smallest absolute Gasteiger partial charge is 0.341 e. The summed E-state index contributed by atoms with van der Waals surface area (Å²) in [5.74, 6) is 1.55. The van der Waals surface area contributed by atoms with Crippen LogP contribution in [0.3, 0.4) is 0 Å². The SMILES string of the molecule is COC(=O)c1cc(CN(C)C(=O)c2cccnc2SCc2cc(C)on2)oc1C. The first-order valence-electron chi connectivity index (χ1n) is 8.82. The van der Waals surface area contributed by atoms with Crippen LogP contribution in [-0.4, -0.2) is 41.1 Å². The van der Waals surface area contributed by atoms with Crippen molar-refractivity contribution in [3.63, 3.8) is 0 Å². The van der Waals surface area contributed by atoms with E-state index in [4.69, 9.17) is 13.7 Å². The van der Waals surface area contributed by atoms with E-state index in [9.17, 15) is 9.59 Å². The topological polar surface area (TPSA) is 98.7 Å². The van der Waals surface area contributed by atoms with E-state index in [-0.39, 0.29) is 12.5 Å². The normalized spacial score (nSPS) is 10.8. The molecule has 0 saturated heterocycles. The molecule has 29 heavy (non-hydrogen) atoms. The Bertz CT molecular complexity index is 1030. The van der Waals surface area contributed by atoms with E-state index in [0.717, 1.165) is 11.5 Å². The Morgan fingerprint density at radius 3 is 2.72 bits per heavy atom. The molecule has 0 bridgehead atoms. The fourth-order valence-corrected chi connectivity index (χ4v) is 3.61. The molecule has 0 N–H and O–H groups in total. The Kier molecular flexibility index (Phi) is 6.38. The van der Waals surface area contributed by atoms with Crippen LogP contribution in [0.4, 0.5) is 0 Å². The van der Waals surface area contributed by atoms with Crippen LogP contribution in [0.15, 0.2) is 44.4 Å². The highest BCUT2D eigenvalue weighted by Gasteiger charge is 2.21. The fourth-order valence-electron chi connectivity index (χ4n) is 2.74. The highest BCUT2D eigenvalue weighted by molar-refractivity contribution is 7.98. The predicted molar refractivity (Wildman–Crippen MR) is 106 cm³/mol. The van der Waals surface area contributed by atoms with Crippen molar-refractivity contribution in [1.82, 2.24) is 15.0 Å². The molecule has 0 aliphatic carbocycles. The number of amides is 1. The van der Waals surface area contributed by atoms with Gasteiger partial charge in [0.25, 0.3) is 5.91 Å². The zero-order valence-corrected chi connectivity index (χ0v) is 17.4. The Morgan fingerprint density at radius 1 is 1.24 bits per heavy atom. The lowest BCUT2D eigenvalue weighted by Crippen LogP contribution is -2.26. The van der Waals surface area contributed by atoms with E-state index in [1.165, 1.54) is 23.8 Å². The van der Waals surface area contributed by atoms with Crippen LogP contribution in [-0.2, 0) is 17.0 Å². The summed E-state index contributed by atoms with van der Waals surface area (Å²) in [5.41, 5.74) is 1.62. The lowest BCUT2D eigenvalue weighted by molar-refractivity contribution is 0.0598. The third kappa shape index (κ3) is 4.86.